The molecule has 1 aliphatic rings. The predicted octanol–water partition coefficient (Wildman–Crippen LogP) is 11.9. The van der Waals surface area contributed by atoms with Crippen molar-refractivity contribution in [3.63, 3.8) is 0 Å². The van der Waals surface area contributed by atoms with E-state index >= 15 is 0 Å². The molecule has 0 radical (unpaired) electrons. The van der Waals surface area contributed by atoms with Crippen molar-refractivity contribution in [1.82, 2.24) is 0 Å². The summed E-state index contributed by atoms with van der Waals surface area (Å²) in [7, 11) is 0. The lowest BCUT2D eigenvalue weighted by Gasteiger charge is -2.24. The third kappa shape index (κ3) is 3.44. The second-order valence-corrected chi connectivity index (χ2v) is 12.5. The van der Waals surface area contributed by atoms with Gasteiger partial charge < -0.3 is 0 Å². The number of hydrogen-bond donors (Lipinski definition) is 0. The summed E-state index contributed by atoms with van der Waals surface area (Å²) in [4.78, 5) is 0. The van der Waals surface area contributed by atoms with E-state index in [2.05, 4.69) is 159 Å². The minimum absolute atomic E-state index is 0.0785. The Labute approximate surface area is 251 Å². The van der Waals surface area contributed by atoms with E-state index in [0.717, 1.165) is 0 Å². The number of fused-ring (bicyclic) bond motifs is 7. The van der Waals surface area contributed by atoms with E-state index in [4.69, 9.17) is 0 Å². The van der Waals surface area contributed by atoms with Crippen LogP contribution in [0.25, 0.3) is 76.5 Å². The Morgan fingerprint density at radius 2 is 0.953 bits per heavy atom. The second kappa shape index (κ2) is 8.90. The maximum Gasteiger partial charge on any atom is 0.0159 e. The molecular weight excluding hydrogens is 516 g/mol. The van der Waals surface area contributed by atoms with Crippen LogP contribution >= 0.6 is 0 Å². The van der Waals surface area contributed by atoms with E-state index in [-0.39, 0.29) is 5.41 Å². The van der Waals surface area contributed by atoms with Crippen molar-refractivity contribution < 1.29 is 0 Å². The molecule has 0 amide bonds. The van der Waals surface area contributed by atoms with Crippen molar-refractivity contribution in [2.75, 3.05) is 0 Å². The molecule has 0 fully saturated rings. The summed E-state index contributed by atoms with van der Waals surface area (Å²) in [6, 6.07) is 54.2. The van der Waals surface area contributed by atoms with E-state index < -0.39 is 0 Å². The van der Waals surface area contributed by atoms with Crippen molar-refractivity contribution in [3.05, 3.63) is 157 Å². The SMILES string of the molecule is CC1(C)c2ccccc2-c2cc3c(-c4ccc5ccccc5c4)c4ccccc4c(-c4cccc5ccccc45)c3cc21. The zero-order chi connectivity index (χ0) is 28.7. The molecule has 0 saturated heterocycles. The summed E-state index contributed by atoms with van der Waals surface area (Å²) < 4.78 is 0. The van der Waals surface area contributed by atoms with Gasteiger partial charge in [0.2, 0.25) is 0 Å². The van der Waals surface area contributed by atoms with Gasteiger partial charge in [0.05, 0.1) is 0 Å². The maximum absolute atomic E-state index is 2.53. The molecule has 43 heavy (non-hydrogen) atoms. The summed E-state index contributed by atoms with van der Waals surface area (Å²) in [5.41, 5.74) is 10.6. The summed E-state index contributed by atoms with van der Waals surface area (Å²) in [6.07, 6.45) is 0. The van der Waals surface area contributed by atoms with Crippen LogP contribution in [0.2, 0.25) is 0 Å². The number of benzene rings is 8. The molecule has 8 aromatic carbocycles. The Hall–Kier alpha value is -5.20. The van der Waals surface area contributed by atoms with Crippen LogP contribution in [0, 0.1) is 0 Å². The fraction of sp³-hybridized carbons (Fsp3) is 0.0698. The zero-order valence-electron chi connectivity index (χ0n) is 24.4. The van der Waals surface area contributed by atoms with E-state index in [0.29, 0.717) is 0 Å². The van der Waals surface area contributed by atoms with Crippen LogP contribution in [0.3, 0.4) is 0 Å². The molecule has 0 atom stereocenters. The average Bonchev–Trinajstić information content (AvgIpc) is 3.28. The highest BCUT2D eigenvalue weighted by Gasteiger charge is 2.36. The molecule has 0 nitrogen and oxygen atoms in total. The molecule has 8 aromatic rings. The number of rotatable bonds is 2. The smallest absolute Gasteiger partial charge is 0.0159 e. The van der Waals surface area contributed by atoms with Crippen LogP contribution in [-0.2, 0) is 5.41 Å². The Morgan fingerprint density at radius 1 is 0.349 bits per heavy atom. The molecule has 0 heterocycles. The normalized spacial score (nSPS) is 13.5. The van der Waals surface area contributed by atoms with Gasteiger partial charge in [-0.2, -0.15) is 0 Å². The molecule has 0 aromatic heterocycles. The first-order valence-corrected chi connectivity index (χ1v) is 15.2. The van der Waals surface area contributed by atoms with Gasteiger partial charge in [0.1, 0.15) is 0 Å². The van der Waals surface area contributed by atoms with Gasteiger partial charge in [0.25, 0.3) is 0 Å². The molecule has 0 unspecified atom stereocenters. The van der Waals surface area contributed by atoms with Crippen LogP contribution in [0.4, 0.5) is 0 Å². The highest BCUT2D eigenvalue weighted by molar-refractivity contribution is 6.24. The van der Waals surface area contributed by atoms with Crippen molar-refractivity contribution >= 4 is 43.1 Å². The Bertz CT molecular complexity index is 2420. The summed E-state index contributed by atoms with van der Waals surface area (Å²) >= 11 is 0. The summed E-state index contributed by atoms with van der Waals surface area (Å²) in [6.45, 7) is 4.76. The fourth-order valence-electron chi connectivity index (χ4n) is 7.76. The van der Waals surface area contributed by atoms with Crippen molar-refractivity contribution in [1.29, 1.82) is 0 Å². The molecule has 0 spiro atoms. The Balaban J connectivity index is 1.50. The number of hydrogen-bond acceptors (Lipinski definition) is 0. The molecule has 0 N–H and O–H groups in total. The van der Waals surface area contributed by atoms with Crippen LogP contribution in [0.5, 0.6) is 0 Å². The minimum atomic E-state index is -0.0785. The van der Waals surface area contributed by atoms with E-state index in [9.17, 15) is 0 Å². The lowest BCUT2D eigenvalue weighted by Crippen LogP contribution is -2.14. The first kappa shape index (κ1) is 24.4. The minimum Gasteiger partial charge on any atom is -0.0619 e. The molecule has 0 aliphatic heterocycles. The Kier molecular flexibility index (Phi) is 5.05. The topological polar surface area (TPSA) is 0 Å². The molecule has 202 valence electrons. The van der Waals surface area contributed by atoms with E-state index in [1.807, 2.05) is 0 Å². The highest BCUT2D eigenvalue weighted by atomic mass is 14.4. The third-order valence-corrected chi connectivity index (χ3v) is 9.82. The van der Waals surface area contributed by atoms with Gasteiger partial charge in [0.15, 0.2) is 0 Å². The van der Waals surface area contributed by atoms with E-state index in [1.165, 1.54) is 87.6 Å². The quantitative estimate of drug-likeness (QED) is 0.189. The van der Waals surface area contributed by atoms with Crippen molar-refractivity contribution in [3.8, 4) is 33.4 Å². The Morgan fingerprint density at radius 3 is 1.79 bits per heavy atom. The lowest BCUT2D eigenvalue weighted by molar-refractivity contribution is 0.661. The summed E-state index contributed by atoms with van der Waals surface area (Å²) in [5.74, 6) is 0. The second-order valence-electron chi connectivity index (χ2n) is 12.5. The molecule has 1 aliphatic carbocycles. The first-order chi connectivity index (χ1) is 21.1. The van der Waals surface area contributed by atoms with Crippen molar-refractivity contribution in [2.24, 2.45) is 0 Å². The molecular formula is C43H30. The van der Waals surface area contributed by atoms with Crippen LogP contribution in [0.15, 0.2) is 146 Å². The molecule has 0 heteroatoms. The first-order valence-electron chi connectivity index (χ1n) is 15.2. The molecule has 0 saturated carbocycles. The van der Waals surface area contributed by atoms with Crippen LogP contribution in [-0.4, -0.2) is 0 Å². The fourth-order valence-corrected chi connectivity index (χ4v) is 7.76. The van der Waals surface area contributed by atoms with Gasteiger partial charge in [-0.1, -0.05) is 141 Å². The van der Waals surface area contributed by atoms with E-state index in [1.54, 1.807) is 0 Å². The van der Waals surface area contributed by atoms with Crippen LogP contribution < -0.4 is 0 Å². The van der Waals surface area contributed by atoms with Crippen LogP contribution in [0.1, 0.15) is 25.0 Å². The zero-order valence-corrected chi connectivity index (χ0v) is 24.4. The third-order valence-electron chi connectivity index (χ3n) is 9.82. The van der Waals surface area contributed by atoms with Gasteiger partial charge in [-0.25, -0.2) is 0 Å². The van der Waals surface area contributed by atoms with Gasteiger partial charge >= 0.3 is 0 Å². The highest BCUT2D eigenvalue weighted by Crippen LogP contribution is 2.53. The van der Waals surface area contributed by atoms with Gasteiger partial charge in [-0.05, 0) is 106 Å². The van der Waals surface area contributed by atoms with Gasteiger partial charge in [0, 0.05) is 5.41 Å². The standard InChI is InChI=1S/C43H30/c1-43(2)39-21-10-9-17-32(39)36-25-37-38(26-40(36)43)42(33-20-11-15-28-13-5-6-16-31(28)33)35-19-8-7-18-34(35)41(37)30-23-22-27-12-3-4-14-29(27)24-30/h3-26H,1-2H3. The average molecular weight is 547 g/mol. The maximum atomic E-state index is 2.53. The summed E-state index contributed by atoms with van der Waals surface area (Å²) in [5, 5.41) is 10.3. The largest absolute Gasteiger partial charge is 0.0619 e. The van der Waals surface area contributed by atoms with Gasteiger partial charge in [-0.3, -0.25) is 0 Å². The molecule has 9 rings (SSSR count). The van der Waals surface area contributed by atoms with Crippen molar-refractivity contribution in [2.45, 2.75) is 19.3 Å². The predicted molar refractivity (Wildman–Crippen MR) is 185 cm³/mol. The van der Waals surface area contributed by atoms with Gasteiger partial charge in [-0.15, -0.1) is 0 Å². The molecule has 0 bridgehead atoms. The monoisotopic (exact) mass is 546 g/mol. The lowest BCUT2D eigenvalue weighted by atomic mass is 9.79.